The summed E-state index contributed by atoms with van der Waals surface area (Å²) in [6.07, 6.45) is 0.376. The van der Waals surface area contributed by atoms with Gasteiger partial charge >= 0.3 is 5.97 Å². The van der Waals surface area contributed by atoms with Crippen molar-refractivity contribution < 1.29 is 14.7 Å². The van der Waals surface area contributed by atoms with Crippen molar-refractivity contribution in [3.8, 4) is 0 Å². The van der Waals surface area contributed by atoms with Crippen LogP contribution >= 0.6 is 0 Å². The lowest BCUT2D eigenvalue weighted by Gasteiger charge is -2.26. The smallest absolute Gasteiger partial charge is 0.335 e. The van der Waals surface area contributed by atoms with E-state index < -0.39 is 5.97 Å². The highest BCUT2D eigenvalue weighted by Crippen LogP contribution is 2.11. The van der Waals surface area contributed by atoms with Gasteiger partial charge in [-0.3, -0.25) is 4.79 Å². The number of amides is 1. The average molecular weight is 228 g/mol. The Labute approximate surface area is 96.1 Å². The summed E-state index contributed by atoms with van der Waals surface area (Å²) in [6, 6.07) is 0. The van der Waals surface area contributed by atoms with Crippen molar-refractivity contribution in [1.82, 2.24) is 10.2 Å². The van der Waals surface area contributed by atoms with Crippen molar-refractivity contribution in [2.75, 3.05) is 13.1 Å². The van der Waals surface area contributed by atoms with Crippen LogP contribution in [0.15, 0.2) is 11.4 Å². The SMILES string of the molecule is CCC(C(=O)O)=C(NC(C)=O)N(CC)CC. The van der Waals surface area contributed by atoms with Crippen molar-refractivity contribution in [1.29, 1.82) is 0 Å². The van der Waals surface area contributed by atoms with Crippen LogP contribution in [-0.4, -0.2) is 35.0 Å². The van der Waals surface area contributed by atoms with E-state index in [4.69, 9.17) is 5.11 Å². The van der Waals surface area contributed by atoms with Gasteiger partial charge in [-0.15, -0.1) is 0 Å². The summed E-state index contributed by atoms with van der Waals surface area (Å²) < 4.78 is 0. The zero-order chi connectivity index (χ0) is 12.7. The van der Waals surface area contributed by atoms with Gasteiger partial charge in [0, 0.05) is 20.0 Å². The number of carbonyl (C=O) groups excluding carboxylic acids is 1. The zero-order valence-corrected chi connectivity index (χ0v) is 10.3. The third-order valence-electron chi connectivity index (χ3n) is 2.27. The molecule has 2 N–H and O–H groups in total. The molecule has 0 unspecified atom stereocenters. The quantitative estimate of drug-likeness (QED) is 0.669. The van der Waals surface area contributed by atoms with E-state index in [1.165, 1.54) is 6.92 Å². The van der Waals surface area contributed by atoms with Gasteiger partial charge < -0.3 is 15.3 Å². The van der Waals surface area contributed by atoms with Crippen LogP contribution in [-0.2, 0) is 9.59 Å². The molecule has 0 fully saturated rings. The Morgan fingerprint density at radius 1 is 1.19 bits per heavy atom. The van der Waals surface area contributed by atoms with Gasteiger partial charge in [-0.1, -0.05) is 6.92 Å². The van der Waals surface area contributed by atoms with Crippen molar-refractivity contribution in [2.24, 2.45) is 0 Å². The fraction of sp³-hybridized carbons (Fsp3) is 0.636. The lowest BCUT2D eigenvalue weighted by molar-refractivity contribution is -0.133. The molecule has 0 spiro atoms. The van der Waals surface area contributed by atoms with E-state index in [-0.39, 0.29) is 11.5 Å². The number of carboxylic acid groups (broad SMARTS) is 1. The second-order valence-electron chi connectivity index (χ2n) is 3.34. The van der Waals surface area contributed by atoms with Crippen LogP contribution < -0.4 is 5.32 Å². The number of hydrogen-bond acceptors (Lipinski definition) is 3. The monoisotopic (exact) mass is 228 g/mol. The Morgan fingerprint density at radius 2 is 1.69 bits per heavy atom. The number of carboxylic acids is 1. The zero-order valence-electron chi connectivity index (χ0n) is 10.3. The summed E-state index contributed by atoms with van der Waals surface area (Å²) in [5.41, 5.74) is 0.235. The van der Waals surface area contributed by atoms with Gasteiger partial charge in [-0.05, 0) is 20.3 Å². The summed E-state index contributed by atoms with van der Waals surface area (Å²) in [6.45, 7) is 8.28. The molecule has 0 saturated heterocycles. The van der Waals surface area contributed by atoms with Gasteiger partial charge in [-0.2, -0.15) is 0 Å². The standard InChI is InChI=1S/C11H20N2O3/c1-5-9(11(15)16)10(12-8(4)14)13(6-2)7-3/h5-7H2,1-4H3,(H,12,14)(H,15,16). The maximum Gasteiger partial charge on any atom is 0.335 e. The maximum atomic E-state index is 11.1. The predicted molar refractivity (Wildman–Crippen MR) is 61.7 cm³/mol. The Kier molecular flexibility index (Phi) is 6.22. The molecule has 0 aromatic heterocycles. The van der Waals surface area contributed by atoms with Gasteiger partial charge in [0.05, 0.1) is 5.57 Å². The molecule has 5 heteroatoms. The number of carbonyl (C=O) groups is 2. The first kappa shape index (κ1) is 14.5. The van der Waals surface area contributed by atoms with E-state index in [2.05, 4.69) is 5.32 Å². The van der Waals surface area contributed by atoms with Gasteiger partial charge in [0.1, 0.15) is 5.82 Å². The molecular weight excluding hydrogens is 208 g/mol. The number of nitrogens with zero attached hydrogens (tertiary/aromatic N) is 1. The lowest BCUT2D eigenvalue weighted by Crippen LogP contribution is -2.36. The minimum atomic E-state index is -0.988. The third kappa shape index (κ3) is 3.92. The molecule has 0 aliphatic carbocycles. The van der Waals surface area contributed by atoms with Gasteiger partial charge in [-0.25, -0.2) is 4.79 Å². The van der Waals surface area contributed by atoms with Crippen molar-refractivity contribution in [3.05, 3.63) is 11.4 Å². The maximum absolute atomic E-state index is 11.1. The summed E-state index contributed by atoms with van der Waals surface area (Å²) >= 11 is 0. The molecule has 5 nitrogen and oxygen atoms in total. The molecule has 0 saturated carbocycles. The second kappa shape index (κ2) is 6.87. The molecule has 0 heterocycles. The first-order chi connectivity index (χ1) is 7.47. The third-order valence-corrected chi connectivity index (χ3v) is 2.27. The van der Waals surface area contributed by atoms with Crippen molar-refractivity contribution >= 4 is 11.9 Å². The van der Waals surface area contributed by atoms with E-state index in [0.717, 1.165) is 0 Å². The summed E-state index contributed by atoms with van der Waals surface area (Å²) in [4.78, 5) is 24.0. The Hall–Kier alpha value is -1.52. The van der Waals surface area contributed by atoms with Crippen LogP contribution in [0, 0.1) is 0 Å². The molecule has 1 amide bonds. The Bertz CT molecular complexity index is 294. The first-order valence-electron chi connectivity index (χ1n) is 5.46. The largest absolute Gasteiger partial charge is 0.478 e. The molecular formula is C11H20N2O3. The summed E-state index contributed by atoms with van der Waals surface area (Å²) in [5, 5.41) is 11.7. The van der Waals surface area contributed by atoms with Crippen LogP contribution in [0.4, 0.5) is 0 Å². The van der Waals surface area contributed by atoms with Gasteiger partial charge in [0.2, 0.25) is 5.91 Å². The molecule has 0 radical (unpaired) electrons. The minimum Gasteiger partial charge on any atom is -0.478 e. The molecule has 0 aliphatic rings. The average Bonchev–Trinajstić information content (AvgIpc) is 2.18. The predicted octanol–water partition coefficient (Wildman–Crippen LogP) is 1.17. The van der Waals surface area contributed by atoms with Crippen LogP contribution in [0.25, 0.3) is 0 Å². The first-order valence-corrected chi connectivity index (χ1v) is 5.46. The molecule has 0 aromatic carbocycles. The molecule has 0 aromatic rings. The molecule has 16 heavy (non-hydrogen) atoms. The van der Waals surface area contributed by atoms with E-state index in [1.54, 1.807) is 6.92 Å². The molecule has 0 atom stereocenters. The number of aliphatic carboxylic acids is 1. The van der Waals surface area contributed by atoms with E-state index in [1.807, 2.05) is 18.7 Å². The number of hydrogen-bond donors (Lipinski definition) is 2. The number of nitrogens with one attached hydrogen (secondary N) is 1. The highest BCUT2D eigenvalue weighted by atomic mass is 16.4. The van der Waals surface area contributed by atoms with Crippen molar-refractivity contribution in [3.63, 3.8) is 0 Å². The van der Waals surface area contributed by atoms with Crippen LogP contribution in [0.3, 0.4) is 0 Å². The molecule has 0 rings (SSSR count). The van der Waals surface area contributed by atoms with Crippen LogP contribution in [0.5, 0.6) is 0 Å². The van der Waals surface area contributed by atoms with Crippen LogP contribution in [0.2, 0.25) is 0 Å². The van der Waals surface area contributed by atoms with Crippen LogP contribution in [0.1, 0.15) is 34.1 Å². The van der Waals surface area contributed by atoms with E-state index >= 15 is 0 Å². The summed E-state index contributed by atoms with van der Waals surface area (Å²) in [5.74, 6) is -0.834. The molecule has 92 valence electrons. The molecule has 0 aliphatic heterocycles. The van der Waals surface area contributed by atoms with E-state index in [0.29, 0.717) is 25.3 Å². The fourth-order valence-corrected chi connectivity index (χ4v) is 1.47. The fourth-order valence-electron chi connectivity index (χ4n) is 1.47. The van der Waals surface area contributed by atoms with Gasteiger partial charge in [0.15, 0.2) is 0 Å². The highest BCUT2D eigenvalue weighted by Gasteiger charge is 2.17. The Morgan fingerprint density at radius 3 is 1.94 bits per heavy atom. The molecule has 0 bridgehead atoms. The van der Waals surface area contributed by atoms with E-state index in [9.17, 15) is 9.59 Å². The topological polar surface area (TPSA) is 69.6 Å². The minimum absolute atomic E-state index is 0.235. The Balaban J connectivity index is 5.32. The summed E-state index contributed by atoms with van der Waals surface area (Å²) in [7, 11) is 0. The van der Waals surface area contributed by atoms with Crippen molar-refractivity contribution in [2.45, 2.75) is 34.1 Å². The normalized spacial score (nSPS) is 11.8. The van der Waals surface area contributed by atoms with Gasteiger partial charge in [0.25, 0.3) is 0 Å². The highest BCUT2D eigenvalue weighted by molar-refractivity contribution is 5.88. The second-order valence-corrected chi connectivity index (χ2v) is 3.34. The number of rotatable bonds is 6. The lowest BCUT2D eigenvalue weighted by atomic mass is 10.2.